The molecular formula is C16H22O4. The number of rotatable bonds is 4. The zero-order valence-electron chi connectivity index (χ0n) is 12.3. The van der Waals surface area contributed by atoms with E-state index in [1.54, 1.807) is 7.11 Å². The van der Waals surface area contributed by atoms with Crippen LogP contribution in [0.15, 0.2) is 30.3 Å². The zero-order valence-corrected chi connectivity index (χ0v) is 12.3. The Labute approximate surface area is 120 Å². The predicted molar refractivity (Wildman–Crippen MR) is 74.3 cm³/mol. The first-order valence-corrected chi connectivity index (χ1v) is 7.08. The van der Waals surface area contributed by atoms with Crippen LogP contribution in [0.5, 0.6) is 0 Å². The molecule has 4 nitrogen and oxygen atoms in total. The molecule has 2 saturated heterocycles. The smallest absolute Gasteiger partial charge is 0.192 e. The molecule has 110 valence electrons. The van der Waals surface area contributed by atoms with Crippen molar-refractivity contribution in [1.29, 1.82) is 0 Å². The monoisotopic (exact) mass is 278 g/mol. The average molecular weight is 278 g/mol. The van der Waals surface area contributed by atoms with Gasteiger partial charge in [0.1, 0.15) is 11.7 Å². The summed E-state index contributed by atoms with van der Waals surface area (Å²) in [4.78, 5) is 0. The van der Waals surface area contributed by atoms with E-state index in [1.165, 1.54) is 0 Å². The minimum atomic E-state index is -0.643. The summed E-state index contributed by atoms with van der Waals surface area (Å²) in [6, 6.07) is 10.2. The largest absolute Gasteiger partial charge is 0.376 e. The molecule has 4 heteroatoms. The fourth-order valence-corrected chi connectivity index (χ4v) is 3.11. The van der Waals surface area contributed by atoms with Crippen LogP contribution in [0, 0.1) is 0 Å². The highest BCUT2D eigenvalue weighted by Gasteiger charge is 2.59. The molecule has 3 rings (SSSR count). The molecule has 0 saturated carbocycles. The molecule has 2 aliphatic rings. The van der Waals surface area contributed by atoms with Gasteiger partial charge in [-0.2, -0.15) is 0 Å². The van der Waals surface area contributed by atoms with Crippen molar-refractivity contribution >= 4 is 0 Å². The van der Waals surface area contributed by atoms with Crippen LogP contribution < -0.4 is 0 Å². The van der Waals surface area contributed by atoms with Gasteiger partial charge in [-0.3, -0.25) is 0 Å². The predicted octanol–water partition coefficient (Wildman–Crippen LogP) is 2.51. The maximum Gasteiger partial charge on any atom is 0.192 e. The molecule has 0 N–H and O–H groups in total. The molecular weight excluding hydrogens is 256 g/mol. The Hall–Kier alpha value is -0.940. The average Bonchev–Trinajstić information content (AvgIpc) is 2.73. The molecule has 20 heavy (non-hydrogen) atoms. The summed E-state index contributed by atoms with van der Waals surface area (Å²) >= 11 is 0. The van der Waals surface area contributed by atoms with Gasteiger partial charge in [0.25, 0.3) is 0 Å². The number of methoxy groups -OCH3 is 1. The van der Waals surface area contributed by atoms with Crippen LogP contribution in [0.2, 0.25) is 0 Å². The summed E-state index contributed by atoms with van der Waals surface area (Å²) < 4.78 is 23.5. The Morgan fingerprint density at radius 3 is 2.65 bits per heavy atom. The molecule has 1 aromatic carbocycles. The van der Waals surface area contributed by atoms with Crippen LogP contribution in [0.25, 0.3) is 0 Å². The van der Waals surface area contributed by atoms with Crippen LogP contribution in [0.1, 0.15) is 25.8 Å². The summed E-state index contributed by atoms with van der Waals surface area (Å²) in [5.74, 6) is -0.643. The van der Waals surface area contributed by atoms with Crippen LogP contribution in [-0.2, 0) is 25.6 Å². The summed E-state index contributed by atoms with van der Waals surface area (Å²) in [5.41, 5.74) is 0.774. The fourth-order valence-electron chi connectivity index (χ4n) is 3.11. The number of hydrogen-bond donors (Lipinski definition) is 0. The third-order valence-electron chi connectivity index (χ3n) is 4.35. The third kappa shape index (κ3) is 2.37. The lowest BCUT2D eigenvalue weighted by Gasteiger charge is -2.43. The molecule has 2 fully saturated rings. The summed E-state index contributed by atoms with van der Waals surface area (Å²) in [6.07, 6.45) is 0.665. The molecule has 1 aromatic rings. The SMILES string of the molecule is CO[C@@H]1C[C@H](OCc2ccccc2)[C@@]2(C)CO[C@]1(C)O2. The quantitative estimate of drug-likeness (QED) is 0.848. The minimum Gasteiger partial charge on any atom is -0.376 e. The van der Waals surface area contributed by atoms with Gasteiger partial charge >= 0.3 is 0 Å². The van der Waals surface area contributed by atoms with Crippen molar-refractivity contribution in [3.8, 4) is 0 Å². The van der Waals surface area contributed by atoms with E-state index in [-0.39, 0.29) is 12.2 Å². The summed E-state index contributed by atoms with van der Waals surface area (Å²) in [7, 11) is 1.69. The molecule has 0 spiro atoms. The van der Waals surface area contributed by atoms with Crippen LogP contribution in [0.3, 0.4) is 0 Å². The first kappa shape index (κ1) is 14.0. The van der Waals surface area contributed by atoms with Crippen molar-refractivity contribution in [2.24, 2.45) is 0 Å². The van der Waals surface area contributed by atoms with E-state index in [0.29, 0.717) is 13.2 Å². The Kier molecular flexibility index (Phi) is 3.58. The third-order valence-corrected chi connectivity index (χ3v) is 4.35. The van der Waals surface area contributed by atoms with Crippen LogP contribution in [0.4, 0.5) is 0 Å². The zero-order chi connectivity index (χ0) is 14.2. The van der Waals surface area contributed by atoms with Gasteiger partial charge in [0.05, 0.1) is 19.3 Å². The van der Waals surface area contributed by atoms with E-state index < -0.39 is 11.4 Å². The van der Waals surface area contributed by atoms with Gasteiger partial charge in [0, 0.05) is 13.5 Å². The van der Waals surface area contributed by atoms with Crippen molar-refractivity contribution < 1.29 is 18.9 Å². The van der Waals surface area contributed by atoms with E-state index in [1.807, 2.05) is 25.1 Å². The van der Waals surface area contributed by atoms with Gasteiger partial charge in [-0.1, -0.05) is 30.3 Å². The Morgan fingerprint density at radius 2 is 1.95 bits per heavy atom. The second-order valence-electron chi connectivity index (χ2n) is 5.96. The number of benzene rings is 1. The number of ether oxygens (including phenoxy) is 4. The Bertz CT molecular complexity index is 463. The number of hydrogen-bond acceptors (Lipinski definition) is 4. The molecule has 2 aliphatic heterocycles. The molecule has 4 atom stereocenters. The number of fused-ring (bicyclic) bond motifs is 2. The molecule has 0 aromatic heterocycles. The van der Waals surface area contributed by atoms with Crippen LogP contribution >= 0.6 is 0 Å². The lowest BCUT2D eigenvalue weighted by Crippen LogP contribution is -2.56. The Morgan fingerprint density at radius 1 is 1.20 bits per heavy atom. The maximum atomic E-state index is 6.10. The van der Waals surface area contributed by atoms with Crippen molar-refractivity contribution in [3.05, 3.63) is 35.9 Å². The maximum absolute atomic E-state index is 6.10. The van der Waals surface area contributed by atoms with Crippen LogP contribution in [-0.4, -0.2) is 37.3 Å². The standard InChI is InChI=1S/C16H22O4/c1-15-11-19-16(2,20-15)14(17-3)9-13(15)18-10-12-7-5-4-6-8-12/h4-8,13-14H,9-11H2,1-3H3/t13-,14+,15+,16+/m0/s1. The lowest BCUT2D eigenvalue weighted by atomic mass is 9.90. The normalized spacial score (nSPS) is 40.0. The van der Waals surface area contributed by atoms with Gasteiger partial charge in [-0.15, -0.1) is 0 Å². The van der Waals surface area contributed by atoms with Crippen molar-refractivity contribution in [2.75, 3.05) is 13.7 Å². The molecule has 0 unspecified atom stereocenters. The highest BCUT2D eigenvalue weighted by Crippen LogP contribution is 2.45. The highest BCUT2D eigenvalue weighted by molar-refractivity contribution is 5.13. The second kappa shape index (κ2) is 5.11. The van der Waals surface area contributed by atoms with Gasteiger partial charge in [-0.05, 0) is 19.4 Å². The van der Waals surface area contributed by atoms with Crippen molar-refractivity contribution in [3.63, 3.8) is 0 Å². The summed E-state index contributed by atoms with van der Waals surface area (Å²) in [6.45, 7) is 5.13. The van der Waals surface area contributed by atoms with E-state index >= 15 is 0 Å². The van der Waals surface area contributed by atoms with Crippen molar-refractivity contribution in [1.82, 2.24) is 0 Å². The lowest BCUT2D eigenvalue weighted by molar-refractivity contribution is -0.285. The first-order chi connectivity index (χ1) is 9.56. The molecule has 2 heterocycles. The summed E-state index contributed by atoms with van der Waals surface area (Å²) in [5, 5.41) is 0. The molecule has 2 bridgehead atoms. The van der Waals surface area contributed by atoms with Crippen molar-refractivity contribution in [2.45, 2.75) is 50.5 Å². The van der Waals surface area contributed by atoms with E-state index in [2.05, 4.69) is 19.1 Å². The fraction of sp³-hybridized carbons (Fsp3) is 0.625. The van der Waals surface area contributed by atoms with Gasteiger partial charge in [0.15, 0.2) is 5.79 Å². The molecule has 0 aliphatic carbocycles. The Balaban J connectivity index is 1.70. The van der Waals surface area contributed by atoms with E-state index in [0.717, 1.165) is 12.0 Å². The minimum absolute atomic E-state index is 0.0248. The van der Waals surface area contributed by atoms with E-state index in [4.69, 9.17) is 18.9 Å². The van der Waals surface area contributed by atoms with Gasteiger partial charge in [-0.25, -0.2) is 0 Å². The highest BCUT2D eigenvalue weighted by atomic mass is 16.8. The van der Waals surface area contributed by atoms with E-state index in [9.17, 15) is 0 Å². The second-order valence-corrected chi connectivity index (χ2v) is 5.96. The van der Waals surface area contributed by atoms with Gasteiger partial charge in [0.2, 0.25) is 0 Å². The molecule has 0 amide bonds. The topological polar surface area (TPSA) is 36.9 Å². The molecule has 0 radical (unpaired) electrons. The van der Waals surface area contributed by atoms with Gasteiger partial charge < -0.3 is 18.9 Å². The first-order valence-electron chi connectivity index (χ1n) is 7.08.